The lowest BCUT2D eigenvalue weighted by Gasteiger charge is -1.99. The van der Waals surface area contributed by atoms with Crippen molar-refractivity contribution in [1.29, 1.82) is 0 Å². The normalized spacial score (nSPS) is 10.1. The molecule has 2 rings (SSSR count). The fraction of sp³-hybridized carbons (Fsp3) is 0.250. The summed E-state index contributed by atoms with van der Waals surface area (Å²) in [5, 5.41) is 9.27. The Morgan fingerprint density at radius 3 is 2.67 bits per heavy atom. The first-order valence-corrected chi connectivity index (χ1v) is 5.64. The molecule has 0 spiro atoms. The van der Waals surface area contributed by atoms with Gasteiger partial charge in [0.15, 0.2) is 0 Å². The van der Waals surface area contributed by atoms with Crippen molar-refractivity contribution in [1.82, 2.24) is 15.5 Å². The first-order valence-electron chi connectivity index (χ1n) is 5.64. The lowest BCUT2D eigenvalue weighted by Crippen LogP contribution is -2.23. The summed E-state index contributed by atoms with van der Waals surface area (Å²) in [6.45, 7) is 2.36. The van der Waals surface area contributed by atoms with Gasteiger partial charge in [-0.3, -0.25) is 4.79 Å². The van der Waals surface area contributed by atoms with Crippen LogP contribution in [0.5, 0.6) is 0 Å². The van der Waals surface area contributed by atoms with Crippen molar-refractivity contribution < 1.29 is 9.32 Å². The van der Waals surface area contributed by atoms with E-state index in [1.165, 1.54) is 0 Å². The Morgan fingerprint density at radius 1 is 1.33 bits per heavy atom. The van der Waals surface area contributed by atoms with E-state index in [9.17, 15) is 4.79 Å². The van der Waals surface area contributed by atoms with Gasteiger partial charge in [0.2, 0.25) is 0 Å². The van der Waals surface area contributed by atoms with E-state index in [1.807, 2.05) is 38.2 Å². The highest BCUT2D eigenvalue weighted by Gasteiger charge is 2.14. The zero-order valence-corrected chi connectivity index (χ0v) is 10.2. The topological polar surface area (TPSA) is 80.0 Å². The van der Waals surface area contributed by atoms with Gasteiger partial charge >= 0.3 is 0 Å². The van der Waals surface area contributed by atoms with Crippen LogP contribution < -0.4 is 10.6 Å². The van der Waals surface area contributed by atoms with Crippen molar-refractivity contribution in [3.05, 3.63) is 30.1 Å². The highest BCUT2D eigenvalue weighted by Crippen LogP contribution is 2.19. The number of carbonyl (C=O) groups is 1. The zero-order chi connectivity index (χ0) is 13.0. The van der Waals surface area contributed by atoms with Crippen LogP contribution in [0.4, 0.5) is 5.69 Å². The fourth-order valence-electron chi connectivity index (χ4n) is 1.45. The van der Waals surface area contributed by atoms with E-state index >= 15 is 0 Å². The molecule has 0 atom stereocenters. The molecule has 6 heteroatoms. The van der Waals surface area contributed by atoms with Gasteiger partial charge in [-0.1, -0.05) is 5.16 Å². The molecule has 0 radical (unpaired) electrons. The Balaban J connectivity index is 2.20. The lowest BCUT2D eigenvalue weighted by atomic mass is 10.2. The molecule has 1 heterocycles. The van der Waals surface area contributed by atoms with Gasteiger partial charge in [0.05, 0.1) is 0 Å². The lowest BCUT2D eigenvalue weighted by molar-refractivity contribution is 0.0942. The van der Waals surface area contributed by atoms with E-state index < -0.39 is 0 Å². The Kier molecular flexibility index (Phi) is 3.57. The van der Waals surface area contributed by atoms with Gasteiger partial charge in [0.1, 0.15) is 0 Å². The number of amides is 1. The van der Waals surface area contributed by atoms with Crippen molar-refractivity contribution in [2.45, 2.75) is 6.92 Å². The minimum Gasteiger partial charge on any atom is -0.388 e. The summed E-state index contributed by atoms with van der Waals surface area (Å²) >= 11 is 0. The molecule has 2 N–H and O–H groups in total. The fourth-order valence-corrected chi connectivity index (χ4v) is 1.45. The average molecular weight is 246 g/mol. The molecule has 1 aromatic carbocycles. The zero-order valence-electron chi connectivity index (χ0n) is 10.2. The highest BCUT2D eigenvalue weighted by molar-refractivity contribution is 5.90. The monoisotopic (exact) mass is 246 g/mol. The van der Waals surface area contributed by atoms with Gasteiger partial charge < -0.3 is 15.2 Å². The molecule has 94 valence electrons. The van der Waals surface area contributed by atoms with Crippen molar-refractivity contribution in [2.75, 3.05) is 18.9 Å². The third-order valence-corrected chi connectivity index (χ3v) is 2.39. The molecule has 0 saturated carbocycles. The number of benzene rings is 1. The number of carbonyl (C=O) groups excluding carboxylic acids is 1. The quantitative estimate of drug-likeness (QED) is 0.855. The van der Waals surface area contributed by atoms with E-state index in [1.54, 1.807) is 0 Å². The van der Waals surface area contributed by atoms with Gasteiger partial charge in [-0.2, -0.15) is 4.98 Å². The maximum Gasteiger partial charge on any atom is 0.292 e. The Morgan fingerprint density at radius 2 is 2.06 bits per heavy atom. The molecular formula is C12H14N4O2. The highest BCUT2D eigenvalue weighted by atomic mass is 16.5. The standard InChI is InChI=1S/C12H14N4O2/c1-3-14-11(17)10-15-12(18-16-10)8-4-6-9(13-2)7-5-8/h4-7,13H,3H2,1-2H3,(H,14,17). The molecule has 1 aromatic heterocycles. The predicted molar refractivity (Wildman–Crippen MR) is 67.3 cm³/mol. The third-order valence-electron chi connectivity index (χ3n) is 2.39. The van der Waals surface area contributed by atoms with E-state index in [0.717, 1.165) is 11.3 Å². The van der Waals surface area contributed by atoms with E-state index in [4.69, 9.17) is 4.52 Å². The second kappa shape index (κ2) is 5.31. The predicted octanol–water partition coefficient (Wildman–Crippen LogP) is 1.53. The molecule has 2 aromatic rings. The number of rotatable bonds is 4. The third kappa shape index (κ3) is 2.48. The van der Waals surface area contributed by atoms with Crippen LogP contribution in [-0.4, -0.2) is 29.6 Å². The summed E-state index contributed by atoms with van der Waals surface area (Å²) in [7, 11) is 1.84. The molecule has 18 heavy (non-hydrogen) atoms. The van der Waals surface area contributed by atoms with E-state index in [-0.39, 0.29) is 11.7 Å². The molecular weight excluding hydrogens is 232 g/mol. The largest absolute Gasteiger partial charge is 0.388 e. The number of hydrogen-bond donors (Lipinski definition) is 2. The van der Waals surface area contributed by atoms with Gasteiger partial charge in [-0.25, -0.2) is 0 Å². The summed E-state index contributed by atoms with van der Waals surface area (Å²) in [5.74, 6) is 0.0443. The van der Waals surface area contributed by atoms with Crippen molar-refractivity contribution in [2.24, 2.45) is 0 Å². The van der Waals surface area contributed by atoms with Crippen LogP contribution in [0.25, 0.3) is 11.5 Å². The first-order chi connectivity index (χ1) is 8.74. The summed E-state index contributed by atoms with van der Waals surface area (Å²) in [6, 6.07) is 7.48. The van der Waals surface area contributed by atoms with Crippen LogP contribution in [0.2, 0.25) is 0 Å². The second-order valence-electron chi connectivity index (χ2n) is 3.61. The minimum absolute atomic E-state index is 0.0459. The maximum absolute atomic E-state index is 11.5. The summed E-state index contributed by atoms with van der Waals surface area (Å²) in [6.07, 6.45) is 0. The van der Waals surface area contributed by atoms with Gasteiger partial charge in [-0.15, -0.1) is 0 Å². The number of nitrogens with one attached hydrogen (secondary N) is 2. The van der Waals surface area contributed by atoms with Crippen LogP contribution in [-0.2, 0) is 0 Å². The summed E-state index contributed by atoms with van der Waals surface area (Å²) < 4.78 is 5.05. The molecule has 0 fully saturated rings. The second-order valence-corrected chi connectivity index (χ2v) is 3.61. The van der Waals surface area contributed by atoms with E-state index in [2.05, 4.69) is 20.8 Å². The molecule has 0 bridgehead atoms. The van der Waals surface area contributed by atoms with Crippen molar-refractivity contribution >= 4 is 11.6 Å². The summed E-state index contributed by atoms with van der Waals surface area (Å²) in [4.78, 5) is 15.5. The van der Waals surface area contributed by atoms with Crippen molar-refractivity contribution in [3.8, 4) is 11.5 Å². The van der Waals surface area contributed by atoms with Gasteiger partial charge in [0, 0.05) is 24.8 Å². The van der Waals surface area contributed by atoms with E-state index in [0.29, 0.717) is 12.4 Å². The molecule has 0 aliphatic rings. The molecule has 0 aliphatic heterocycles. The first kappa shape index (κ1) is 12.1. The molecule has 0 saturated heterocycles. The number of nitrogens with zero attached hydrogens (tertiary/aromatic N) is 2. The smallest absolute Gasteiger partial charge is 0.292 e. The number of aromatic nitrogens is 2. The van der Waals surface area contributed by atoms with Crippen LogP contribution in [0.15, 0.2) is 28.8 Å². The molecule has 6 nitrogen and oxygen atoms in total. The average Bonchev–Trinajstić information content (AvgIpc) is 2.89. The molecule has 1 amide bonds. The van der Waals surface area contributed by atoms with Crippen LogP contribution in [0.1, 0.15) is 17.5 Å². The van der Waals surface area contributed by atoms with Crippen LogP contribution in [0.3, 0.4) is 0 Å². The summed E-state index contributed by atoms with van der Waals surface area (Å²) in [5.41, 5.74) is 1.76. The molecule has 0 aliphatic carbocycles. The van der Waals surface area contributed by atoms with Gasteiger partial charge in [0.25, 0.3) is 17.6 Å². The minimum atomic E-state index is -0.334. The van der Waals surface area contributed by atoms with Crippen LogP contribution in [0, 0.1) is 0 Å². The Bertz CT molecular complexity index is 533. The maximum atomic E-state index is 11.5. The number of anilines is 1. The van der Waals surface area contributed by atoms with Crippen molar-refractivity contribution in [3.63, 3.8) is 0 Å². The SMILES string of the molecule is CCNC(=O)c1noc(-c2ccc(NC)cc2)n1. The Hall–Kier alpha value is -2.37. The Labute approximate surface area is 104 Å². The number of hydrogen-bond acceptors (Lipinski definition) is 5. The van der Waals surface area contributed by atoms with Crippen LogP contribution >= 0.6 is 0 Å². The molecule has 0 unspecified atom stereocenters. The van der Waals surface area contributed by atoms with Gasteiger partial charge in [-0.05, 0) is 31.2 Å².